The van der Waals surface area contributed by atoms with E-state index in [1.807, 2.05) is 66.9 Å². The Morgan fingerprint density at radius 3 is 2.33 bits per heavy atom. The molecule has 1 heterocycles. The predicted molar refractivity (Wildman–Crippen MR) is 185 cm³/mol. The number of hydrogen-bond acceptors (Lipinski definition) is 6. The van der Waals surface area contributed by atoms with Crippen LogP contribution in [0.25, 0.3) is 0 Å². The number of hydrogen-bond donors (Lipinski definition) is 1. The van der Waals surface area contributed by atoms with Crippen LogP contribution in [0.5, 0.6) is 5.75 Å². The number of rotatable bonds is 13. The molecule has 0 radical (unpaired) electrons. The predicted octanol–water partition coefficient (Wildman–Crippen LogP) is 8.74. The zero-order valence-corrected chi connectivity index (χ0v) is 29.1. The van der Waals surface area contributed by atoms with Crippen LogP contribution >= 0.6 is 0 Å². The summed E-state index contributed by atoms with van der Waals surface area (Å²) in [5.41, 5.74) is 3.53. The standard InChI is InChI=1S/C38H49NO5Si/c1-36(2,3)45(7,8)44-34(29-18-19-33(31(22-29)25-40)43-26-28-14-10-9-11-15-28)24-38(20-13-21-39-38)27-37(4,5)32-17-12-16-30(23-32)35(41)42-6/h9-23,34,40H,24-27H2,1-8H3. The molecule has 3 aromatic carbocycles. The van der Waals surface area contributed by atoms with Gasteiger partial charge in [0.25, 0.3) is 0 Å². The summed E-state index contributed by atoms with van der Waals surface area (Å²) >= 11 is 0. The van der Waals surface area contributed by atoms with Gasteiger partial charge in [0.2, 0.25) is 0 Å². The van der Waals surface area contributed by atoms with Crippen LogP contribution in [-0.2, 0) is 27.8 Å². The number of esters is 1. The van der Waals surface area contributed by atoms with Crippen LogP contribution in [-0.4, -0.2) is 38.3 Å². The van der Waals surface area contributed by atoms with E-state index in [9.17, 15) is 9.90 Å². The minimum absolute atomic E-state index is 0.000658. The van der Waals surface area contributed by atoms with Gasteiger partial charge < -0.3 is 19.0 Å². The molecular weight excluding hydrogens is 579 g/mol. The number of nitrogens with zero attached hydrogens (tertiary/aromatic N) is 1. The van der Waals surface area contributed by atoms with Gasteiger partial charge in [0.15, 0.2) is 8.32 Å². The highest BCUT2D eigenvalue weighted by Crippen LogP contribution is 2.46. The lowest BCUT2D eigenvalue weighted by atomic mass is 9.72. The second-order valence-electron chi connectivity index (χ2n) is 14.2. The van der Waals surface area contributed by atoms with E-state index >= 15 is 0 Å². The van der Waals surface area contributed by atoms with Crippen LogP contribution < -0.4 is 4.74 Å². The van der Waals surface area contributed by atoms with Gasteiger partial charge in [-0.2, -0.15) is 0 Å². The van der Waals surface area contributed by atoms with Crippen LogP contribution in [0.1, 0.15) is 86.2 Å². The number of aliphatic hydroxyl groups is 1. The average Bonchev–Trinajstić information content (AvgIpc) is 3.46. The summed E-state index contributed by atoms with van der Waals surface area (Å²) < 4.78 is 18.3. The van der Waals surface area contributed by atoms with Crippen molar-refractivity contribution >= 4 is 20.5 Å². The van der Waals surface area contributed by atoms with Gasteiger partial charge in [0, 0.05) is 18.2 Å². The molecule has 240 valence electrons. The summed E-state index contributed by atoms with van der Waals surface area (Å²) in [4.78, 5) is 17.4. The van der Waals surface area contributed by atoms with Crippen molar-refractivity contribution in [1.29, 1.82) is 0 Å². The van der Waals surface area contributed by atoms with Crippen molar-refractivity contribution in [3.05, 3.63) is 113 Å². The molecule has 0 amide bonds. The summed E-state index contributed by atoms with van der Waals surface area (Å²) in [5, 5.41) is 10.4. The Hall–Kier alpha value is -3.52. The number of allylic oxidation sites excluding steroid dienone is 1. The molecule has 1 N–H and O–H groups in total. The Balaban J connectivity index is 1.68. The summed E-state index contributed by atoms with van der Waals surface area (Å²) in [7, 11) is -0.821. The van der Waals surface area contributed by atoms with E-state index in [0.29, 0.717) is 30.8 Å². The van der Waals surface area contributed by atoms with Crippen molar-refractivity contribution in [3.8, 4) is 5.75 Å². The maximum Gasteiger partial charge on any atom is 0.337 e. The lowest BCUT2D eigenvalue weighted by molar-refractivity contribution is 0.0600. The van der Waals surface area contributed by atoms with Gasteiger partial charge >= 0.3 is 5.97 Å². The van der Waals surface area contributed by atoms with Crippen molar-refractivity contribution in [2.75, 3.05) is 7.11 Å². The van der Waals surface area contributed by atoms with Gasteiger partial charge in [-0.25, -0.2) is 4.79 Å². The number of aliphatic imine (C=N–C) groups is 1. The fraction of sp³-hybridized carbons (Fsp3) is 0.421. The van der Waals surface area contributed by atoms with Gasteiger partial charge in [-0.15, -0.1) is 0 Å². The van der Waals surface area contributed by atoms with E-state index in [-0.39, 0.29) is 29.1 Å². The van der Waals surface area contributed by atoms with Crippen molar-refractivity contribution in [2.45, 2.75) is 95.9 Å². The highest BCUT2D eigenvalue weighted by Gasteiger charge is 2.44. The molecule has 0 bridgehead atoms. The van der Waals surface area contributed by atoms with Gasteiger partial charge in [-0.1, -0.05) is 89.2 Å². The molecule has 7 heteroatoms. The molecule has 0 saturated heterocycles. The Bertz CT molecular complexity index is 1510. The van der Waals surface area contributed by atoms with Gasteiger partial charge in [0.05, 0.1) is 30.9 Å². The average molecular weight is 628 g/mol. The molecule has 45 heavy (non-hydrogen) atoms. The molecule has 4 rings (SSSR count). The summed E-state index contributed by atoms with van der Waals surface area (Å²) in [6, 6.07) is 23.7. The second kappa shape index (κ2) is 13.9. The van der Waals surface area contributed by atoms with Crippen LogP contribution in [0, 0.1) is 0 Å². The molecule has 2 unspecified atom stereocenters. The normalized spacial score (nSPS) is 17.4. The number of carbonyl (C=O) groups excluding carboxylic acids is 1. The number of benzene rings is 3. The van der Waals surface area contributed by atoms with Crippen molar-refractivity contribution in [2.24, 2.45) is 4.99 Å². The highest BCUT2D eigenvalue weighted by molar-refractivity contribution is 6.74. The number of carbonyl (C=O) groups is 1. The minimum Gasteiger partial charge on any atom is -0.489 e. The van der Waals surface area contributed by atoms with Crippen LogP contribution in [0.4, 0.5) is 0 Å². The van der Waals surface area contributed by atoms with E-state index in [4.69, 9.17) is 18.9 Å². The first-order valence-corrected chi connectivity index (χ1v) is 18.6. The highest BCUT2D eigenvalue weighted by atomic mass is 28.4. The Labute approximate surface area is 270 Å². The van der Waals surface area contributed by atoms with Gasteiger partial charge in [-0.3, -0.25) is 4.99 Å². The first kappa shape index (κ1) is 34.4. The Kier molecular flexibility index (Phi) is 10.6. The van der Waals surface area contributed by atoms with E-state index in [0.717, 1.165) is 22.3 Å². The van der Waals surface area contributed by atoms with E-state index in [2.05, 4.69) is 65.9 Å². The summed E-state index contributed by atoms with van der Waals surface area (Å²) in [6.07, 6.45) is 7.15. The quantitative estimate of drug-likeness (QED) is 0.151. The van der Waals surface area contributed by atoms with Crippen molar-refractivity contribution in [1.82, 2.24) is 0 Å². The third-order valence-corrected chi connectivity index (χ3v) is 13.8. The lowest BCUT2D eigenvalue weighted by Gasteiger charge is -2.42. The maximum absolute atomic E-state index is 12.3. The van der Waals surface area contributed by atoms with Crippen molar-refractivity contribution in [3.63, 3.8) is 0 Å². The monoisotopic (exact) mass is 627 g/mol. The smallest absolute Gasteiger partial charge is 0.337 e. The fourth-order valence-electron chi connectivity index (χ4n) is 5.69. The Morgan fingerprint density at radius 2 is 1.71 bits per heavy atom. The molecule has 2 atom stereocenters. The SMILES string of the molecule is COC(=O)c1cccc(C(C)(C)CC2(CC(O[Si](C)(C)C(C)(C)C)c3ccc(OCc4ccccc4)c(CO)c3)C=CC=N2)c1. The van der Waals surface area contributed by atoms with Gasteiger partial charge in [-0.05, 0) is 77.0 Å². The third-order valence-electron chi connectivity index (χ3n) is 9.28. The number of methoxy groups -OCH3 is 1. The molecule has 0 saturated carbocycles. The molecule has 3 aromatic rings. The van der Waals surface area contributed by atoms with Crippen molar-refractivity contribution < 1.29 is 23.8 Å². The fourth-order valence-corrected chi connectivity index (χ4v) is 6.97. The van der Waals surface area contributed by atoms with Crippen LogP contribution in [0.3, 0.4) is 0 Å². The van der Waals surface area contributed by atoms with E-state index in [1.54, 1.807) is 6.07 Å². The first-order chi connectivity index (χ1) is 21.2. The van der Waals surface area contributed by atoms with E-state index < -0.39 is 13.9 Å². The zero-order valence-electron chi connectivity index (χ0n) is 28.1. The topological polar surface area (TPSA) is 77.4 Å². The summed E-state index contributed by atoms with van der Waals surface area (Å²) in [6.45, 7) is 16.0. The largest absolute Gasteiger partial charge is 0.489 e. The molecule has 0 aliphatic carbocycles. The molecule has 0 aromatic heterocycles. The number of aliphatic hydroxyl groups excluding tert-OH is 1. The molecule has 1 aliphatic heterocycles. The van der Waals surface area contributed by atoms with Gasteiger partial charge in [0.1, 0.15) is 12.4 Å². The maximum atomic E-state index is 12.3. The van der Waals surface area contributed by atoms with Crippen LogP contribution in [0.2, 0.25) is 18.1 Å². The van der Waals surface area contributed by atoms with Crippen LogP contribution in [0.15, 0.2) is 89.9 Å². The molecule has 0 fully saturated rings. The molecular formula is C38H49NO5Si. The molecule has 0 spiro atoms. The molecule has 1 aliphatic rings. The summed E-state index contributed by atoms with van der Waals surface area (Å²) in [5.74, 6) is 0.316. The number of ether oxygens (including phenoxy) is 2. The first-order valence-electron chi connectivity index (χ1n) is 15.7. The zero-order chi connectivity index (χ0) is 32.9. The second-order valence-corrected chi connectivity index (χ2v) is 19.0. The lowest BCUT2D eigenvalue weighted by Crippen LogP contribution is -2.43. The van der Waals surface area contributed by atoms with E-state index in [1.165, 1.54) is 7.11 Å². The third kappa shape index (κ3) is 8.40. The Morgan fingerprint density at radius 1 is 0.978 bits per heavy atom. The minimum atomic E-state index is -2.22. The molecule has 6 nitrogen and oxygen atoms in total.